The van der Waals surface area contributed by atoms with Crippen LogP contribution in [0.4, 0.5) is 10.7 Å². The van der Waals surface area contributed by atoms with Gasteiger partial charge >= 0.3 is 6.09 Å². The number of ether oxygens (including phenoxy) is 1. The minimum atomic E-state index is -0.644. The highest BCUT2D eigenvalue weighted by molar-refractivity contribution is 6.33. The SMILES string of the molecule is CC(C)(C)OC(=O)N(Cc1ccccc1)c1nc(Cl)cc(Cl)n1. The van der Waals surface area contributed by atoms with Crippen LogP contribution < -0.4 is 4.90 Å². The van der Waals surface area contributed by atoms with E-state index in [2.05, 4.69) is 9.97 Å². The van der Waals surface area contributed by atoms with Crippen LogP contribution in [0.3, 0.4) is 0 Å². The Morgan fingerprint density at radius 1 is 1.13 bits per heavy atom. The summed E-state index contributed by atoms with van der Waals surface area (Å²) in [5.74, 6) is 0.0978. The molecule has 0 aliphatic heterocycles. The summed E-state index contributed by atoms with van der Waals surface area (Å²) in [5, 5.41) is 0.309. The minimum absolute atomic E-state index is 0.0978. The lowest BCUT2D eigenvalue weighted by Crippen LogP contribution is -2.37. The van der Waals surface area contributed by atoms with Crippen LogP contribution in [0.2, 0.25) is 10.3 Å². The first-order valence-electron chi connectivity index (χ1n) is 6.99. The van der Waals surface area contributed by atoms with Crippen LogP contribution in [0.25, 0.3) is 0 Å². The number of aromatic nitrogens is 2. The second kappa shape index (κ2) is 7.15. The van der Waals surface area contributed by atoms with E-state index >= 15 is 0 Å². The predicted molar refractivity (Wildman–Crippen MR) is 90.9 cm³/mol. The molecule has 0 saturated carbocycles. The fourth-order valence-electron chi connectivity index (χ4n) is 1.80. The Kier molecular flexibility index (Phi) is 5.44. The lowest BCUT2D eigenvalue weighted by atomic mass is 10.2. The number of benzene rings is 1. The van der Waals surface area contributed by atoms with Gasteiger partial charge in [-0.2, -0.15) is 0 Å². The van der Waals surface area contributed by atoms with E-state index in [9.17, 15) is 4.79 Å². The van der Waals surface area contributed by atoms with Gasteiger partial charge in [-0.1, -0.05) is 53.5 Å². The minimum Gasteiger partial charge on any atom is -0.443 e. The summed E-state index contributed by atoms with van der Waals surface area (Å²) < 4.78 is 5.43. The Morgan fingerprint density at radius 2 is 1.70 bits per heavy atom. The highest BCUT2D eigenvalue weighted by Gasteiger charge is 2.26. The summed E-state index contributed by atoms with van der Waals surface area (Å²) in [7, 11) is 0. The van der Waals surface area contributed by atoms with Gasteiger partial charge in [0.2, 0.25) is 5.95 Å². The number of anilines is 1. The largest absolute Gasteiger partial charge is 0.443 e. The summed E-state index contributed by atoms with van der Waals surface area (Å²) in [6.07, 6.45) is -0.570. The third kappa shape index (κ3) is 5.37. The van der Waals surface area contributed by atoms with Gasteiger partial charge in [0.25, 0.3) is 0 Å². The van der Waals surface area contributed by atoms with E-state index in [0.717, 1.165) is 5.56 Å². The van der Waals surface area contributed by atoms with E-state index in [-0.39, 0.29) is 22.8 Å². The molecule has 1 aromatic carbocycles. The topological polar surface area (TPSA) is 55.3 Å². The van der Waals surface area contributed by atoms with Crippen LogP contribution in [0, 0.1) is 0 Å². The second-order valence-corrected chi connectivity index (χ2v) is 6.64. The molecule has 0 aliphatic rings. The van der Waals surface area contributed by atoms with Gasteiger partial charge in [-0.3, -0.25) is 0 Å². The average Bonchev–Trinajstić information content (AvgIpc) is 2.42. The Bertz CT molecular complexity index is 667. The molecule has 0 radical (unpaired) electrons. The number of carbonyl (C=O) groups excluding carboxylic acids is 1. The molecule has 0 atom stereocenters. The number of amides is 1. The van der Waals surface area contributed by atoms with Crippen molar-refractivity contribution in [3.63, 3.8) is 0 Å². The molecule has 2 rings (SSSR count). The van der Waals surface area contributed by atoms with E-state index in [1.165, 1.54) is 11.0 Å². The van der Waals surface area contributed by atoms with Crippen molar-refractivity contribution < 1.29 is 9.53 Å². The molecule has 5 nitrogen and oxygen atoms in total. The van der Waals surface area contributed by atoms with Gasteiger partial charge < -0.3 is 4.74 Å². The molecule has 23 heavy (non-hydrogen) atoms. The molecular formula is C16H17Cl2N3O2. The summed E-state index contributed by atoms with van der Waals surface area (Å²) in [6.45, 7) is 5.61. The maximum atomic E-state index is 12.5. The first kappa shape index (κ1) is 17.5. The predicted octanol–water partition coefficient (Wildman–Crippen LogP) is 4.73. The van der Waals surface area contributed by atoms with Crippen LogP contribution in [-0.2, 0) is 11.3 Å². The molecule has 1 heterocycles. The molecule has 0 N–H and O–H groups in total. The zero-order valence-corrected chi connectivity index (χ0v) is 14.6. The monoisotopic (exact) mass is 353 g/mol. The Hall–Kier alpha value is -1.85. The first-order chi connectivity index (χ1) is 10.7. The number of rotatable bonds is 3. The number of carbonyl (C=O) groups is 1. The molecule has 0 bridgehead atoms. The van der Waals surface area contributed by atoms with Gasteiger partial charge in [0.1, 0.15) is 15.9 Å². The highest BCUT2D eigenvalue weighted by atomic mass is 35.5. The number of hydrogen-bond donors (Lipinski definition) is 0. The van der Waals surface area contributed by atoms with Gasteiger partial charge in [-0.15, -0.1) is 0 Å². The number of nitrogens with zero attached hydrogens (tertiary/aromatic N) is 3. The summed E-state index contributed by atoms with van der Waals surface area (Å²) in [5.41, 5.74) is 0.257. The molecule has 122 valence electrons. The summed E-state index contributed by atoms with van der Waals surface area (Å²) >= 11 is 11.8. The molecule has 7 heteroatoms. The lowest BCUT2D eigenvalue weighted by molar-refractivity contribution is 0.0575. The van der Waals surface area contributed by atoms with E-state index in [1.807, 2.05) is 30.3 Å². The maximum Gasteiger partial charge on any atom is 0.417 e. The molecule has 0 unspecified atom stereocenters. The van der Waals surface area contributed by atoms with Crippen LogP contribution in [0.5, 0.6) is 0 Å². The Labute approximate surface area is 145 Å². The van der Waals surface area contributed by atoms with E-state index in [1.54, 1.807) is 20.8 Å². The van der Waals surface area contributed by atoms with Crippen LogP contribution in [0.1, 0.15) is 26.3 Å². The fraction of sp³-hybridized carbons (Fsp3) is 0.312. The van der Waals surface area contributed by atoms with Crippen molar-refractivity contribution in [1.29, 1.82) is 0 Å². The molecule has 2 aromatic rings. The summed E-state index contributed by atoms with van der Waals surface area (Å²) in [4.78, 5) is 22.0. The molecule has 1 aromatic heterocycles. The highest BCUT2D eigenvalue weighted by Crippen LogP contribution is 2.21. The summed E-state index contributed by atoms with van der Waals surface area (Å²) in [6, 6.07) is 10.9. The second-order valence-electron chi connectivity index (χ2n) is 5.87. The fourth-order valence-corrected chi connectivity index (χ4v) is 2.21. The molecule has 0 spiro atoms. The zero-order chi connectivity index (χ0) is 17.0. The van der Waals surface area contributed by atoms with Crippen molar-refractivity contribution in [3.8, 4) is 0 Å². The quantitative estimate of drug-likeness (QED) is 0.748. The van der Waals surface area contributed by atoms with E-state index in [4.69, 9.17) is 27.9 Å². The standard InChI is InChI=1S/C16H17Cl2N3O2/c1-16(2,3)23-15(22)21(10-11-7-5-4-6-8-11)14-19-12(17)9-13(18)20-14/h4-9H,10H2,1-3H3. The van der Waals surface area contributed by atoms with Gasteiger partial charge in [-0.05, 0) is 26.3 Å². The van der Waals surface area contributed by atoms with Crippen molar-refractivity contribution in [2.75, 3.05) is 4.90 Å². The molecule has 0 saturated heterocycles. The maximum absolute atomic E-state index is 12.5. The molecule has 0 aliphatic carbocycles. The number of halogens is 2. The van der Waals surface area contributed by atoms with Crippen molar-refractivity contribution in [3.05, 3.63) is 52.3 Å². The van der Waals surface area contributed by atoms with E-state index in [0.29, 0.717) is 0 Å². The Balaban J connectivity index is 2.36. The average molecular weight is 354 g/mol. The van der Waals surface area contributed by atoms with Gasteiger partial charge in [0.15, 0.2) is 0 Å². The van der Waals surface area contributed by atoms with Crippen molar-refractivity contribution >= 4 is 35.2 Å². The van der Waals surface area contributed by atoms with Crippen molar-refractivity contribution in [2.24, 2.45) is 0 Å². The third-order valence-electron chi connectivity index (χ3n) is 2.69. The molecule has 1 amide bonds. The normalized spacial score (nSPS) is 11.2. The molecular weight excluding hydrogens is 337 g/mol. The van der Waals surface area contributed by atoms with Gasteiger partial charge in [-0.25, -0.2) is 19.7 Å². The van der Waals surface area contributed by atoms with Gasteiger partial charge in [0.05, 0.1) is 6.54 Å². The van der Waals surface area contributed by atoms with Crippen molar-refractivity contribution in [1.82, 2.24) is 9.97 Å². The molecule has 0 fully saturated rings. The van der Waals surface area contributed by atoms with E-state index < -0.39 is 11.7 Å². The van der Waals surface area contributed by atoms with Gasteiger partial charge in [0, 0.05) is 6.07 Å². The van der Waals surface area contributed by atoms with Crippen LogP contribution >= 0.6 is 23.2 Å². The zero-order valence-electron chi connectivity index (χ0n) is 13.1. The lowest BCUT2D eigenvalue weighted by Gasteiger charge is -2.26. The smallest absolute Gasteiger partial charge is 0.417 e. The third-order valence-corrected chi connectivity index (χ3v) is 3.08. The van der Waals surface area contributed by atoms with Crippen molar-refractivity contribution in [2.45, 2.75) is 32.9 Å². The van der Waals surface area contributed by atoms with Crippen LogP contribution in [-0.4, -0.2) is 21.7 Å². The first-order valence-corrected chi connectivity index (χ1v) is 7.75. The van der Waals surface area contributed by atoms with Crippen LogP contribution in [0.15, 0.2) is 36.4 Å². The Morgan fingerprint density at radius 3 is 2.22 bits per heavy atom. The number of hydrogen-bond acceptors (Lipinski definition) is 4.